The van der Waals surface area contributed by atoms with Gasteiger partial charge in [-0.1, -0.05) is 18.2 Å². The molecule has 1 aliphatic carbocycles. The van der Waals surface area contributed by atoms with Crippen LogP contribution >= 0.6 is 0 Å². The number of H-pyrrole nitrogens is 1. The van der Waals surface area contributed by atoms with Gasteiger partial charge in [-0.3, -0.25) is 14.2 Å². The summed E-state index contributed by atoms with van der Waals surface area (Å²) in [7, 11) is 0. The molecule has 35 heavy (non-hydrogen) atoms. The van der Waals surface area contributed by atoms with Crippen molar-refractivity contribution in [3.63, 3.8) is 0 Å². The Morgan fingerprint density at radius 2 is 1.89 bits per heavy atom. The summed E-state index contributed by atoms with van der Waals surface area (Å²) in [6.45, 7) is 3.52. The Bertz CT molecular complexity index is 1500. The molecule has 1 saturated heterocycles. The number of nitrogens with zero attached hydrogens (tertiary/aromatic N) is 3. The number of carbonyl (C=O) groups is 1. The highest BCUT2D eigenvalue weighted by Crippen LogP contribution is 2.34. The molecule has 178 valence electrons. The first kappa shape index (κ1) is 21.8. The van der Waals surface area contributed by atoms with Gasteiger partial charge < -0.3 is 9.88 Å². The van der Waals surface area contributed by atoms with Gasteiger partial charge in [0.2, 0.25) is 5.91 Å². The normalized spacial score (nSPS) is 17.9. The van der Waals surface area contributed by atoms with Crippen LogP contribution in [0.3, 0.4) is 0 Å². The summed E-state index contributed by atoms with van der Waals surface area (Å²) in [6, 6.07) is 14.5. The van der Waals surface area contributed by atoms with Crippen molar-refractivity contribution < 1.29 is 9.18 Å². The van der Waals surface area contributed by atoms with E-state index in [9.17, 15) is 9.59 Å². The molecule has 2 aromatic heterocycles. The Morgan fingerprint density at radius 3 is 2.69 bits per heavy atom. The van der Waals surface area contributed by atoms with Gasteiger partial charge in [0, 0.05) is 49.0 Å². The molecule has 0 bridgehead atoms. The zero-order valence-corrected chi connectivity index (χ0v) is 19.6. The van der Waals surface area contributed by atoms with E-state index in [1.165, 1.54) is 12.1 Å². The van der Waals surface area contributed by atoms with E-state index < -0.39 is 5.82 Å². The number of aromatic nitrogens is 3. The van der Waals surface area contributed by atoms with E-state index in [0.29, 0.717) is 30.2 Å². The first-order valence-corrected chi connectivity index (χ1v) is 12.2. The number of rotatable bonds is 5. The monoisotopic (exact) mass is 470 g/mol. The van der Waals surface area contributed by atoms with Crippen LogP contribution < -0.4 is 5.56 Å². The smallest absolute Gasteiger partial charge is 0.253 e. The Balaban J connectivity index is 1.31. The standard InChI is InChI=1S/C28H27FN4O2/c1-17-12-26(34)33(16-18-9-11-32(15-18)28(35)20-3-4-20)27(31-17)23-7-6-21(13-24(23)29)22-5-2-19-8-10-30-25(19)14-22/h2,5-8,10,12-14,18,20,30H,3-4,9,11,15-16H2,1H3. The van der Waals surface area contributed by atoms with Gasteiger partial charge in [-0.2, -0.15) is 0 Å². The topological polar surface area (TPSA) is 71.0 Å². The largest absolute Gasteiger partial charge is 0.361 e. The van der Waals surface area contributed by atoms with Crippen molar-refractivity contribution in [3.8, 4) is 22.5 Å². The molecule has 7 heteroatoms. The van der Waals surface area contributed by atoms with Crippen molar-refractivity contribution in [1.29, 1.82) is 0 Å². The highest BCUT2D eigenvalue weighted by molar-refractivity contribution is 5.85. The Morgan fingerprint density at radius 1 is 1.09 bits per heavy atom. The van der Waals surface area contributed by atoms with Gasteiger partial charge in [0.05, 0.1) is 5.56 Å². The summed E-state index contributed by atoms with van der Waals surface area (Å²) in [5.41, 5.74) is 3.33. The molecule has 2 aromatic carbocycles. The number of aromatic amines is 1. The van der Waals surface area contributed by atoms with Crippen LogP contribution in [0.25, 0.3) is 33.4 Å². The maximum atomic E-state index is 15.5. The number of fused-ring (bicyclic) bond motifs is 1. The van der Waals surface area contributed by atoms with Gasteiger partial charge in [0.15, 0.2) is 0 Å². The van der Waals surface area contributed by atoms with Crippen LogP contribution in [0, 0.1) is 24.6 Å². The van der Waals surface area contributed by atoms with Gasteiger partial charge in [-0.15, -0.1) is 0 Å². The maximum Gasteiger partial charge on any atom is 0.253 e. The van der Waals surface area contributed by atoms with Gasteiger partial charge in [0.25, 0.3) is 5.56 Å². The quantitative estimate of drug-likeness (QED) is 0.457. The van der Waals surface area contributed by atoms with Crippen molar-refractivity contribution in [3.05, 3.63) is 76.6 Å². The van der Waals surface area contributed by atoms with E-state index in [4.69, 9.17) is 0 Å². The van der Waals surface area contributed by atoms with Gasteiger partial charge in [-0.25, -0.2) is 9.37 Å². The molecule has 1 amide bonds. The van der Waals surface area contributed by atoms with E-state index in [0.717, 1.165) is 47.8 Å². The van der Waals surface area contributed by atoms with Crippen molar-refractivity contribution in [2.24, 2.45) is 11.8 Å². The molecule has 4 aromatic rings. The molecule has 1 aliphatic heterocycles. The molecule has 2 aliphatic rings. The molecule has 1 unspecified atom stereocenters. The molecule has 0 spiro atoms. The molecule has 6 rings (SSSR count). The molecule has 3 heterocycles. The molecule has 1 atom stereocenters. The fourth-order valence-corrected chi connectivity index (χ4v) is 5.13. The fourth-order valence-electron chi connectivity index (χ4n) is 5.13. The van der Waals surface area contributed by atoms with E-state index in [-0.39, 0.29) is 23.3 Å². The number of carbonyl (C=O) groups excluding carboxylic acids is 1. The van der Waals surface area contributed by atoms with Crippen molar-refractivity contribution >= 4 is 16.8 Å². The third-order valence-corrected chi connectivity index (χ3v) is 7.20. The van der Waals surface area contributed by atoms with Crippen molar-refractivity contribution in [2.45, 2.75) is 32.7 Å². The molecule has 6 nitrogen and oxygen atoms in total. The number of halogens is 1. The van der Waals surface area contributed by atoms with E-state index in [2.05, 4.69) is 9.97 Å². The molecular formula is C28H27FN4O2. The van der Waals surface area contributed by atoms with Crippen LogP contribution in [0.15, 0.2) is 59.5 Å². The molecule has 1 saturated carbocycles. The lowest BCUT2D eigenvalue weighted by atomic mass is 10.0. The molecular weight excluding hydrogens is 443 g/mol. The second-order valence-electron chi connectivity index (χ2n) is 9.86. The number of benzene rings is 2. The van der Waals surface area contributed by atoms with Crippen LogP contribution in [0.2, 0.25) is 0 Å². The highest BCUT2D eigenvalue weighted by atomic mass is 19.1. The lowest BCUT2D eigenvalue weighted by Gasteiger charge is -2.19. The lowest BCUT2D eigenvalue weighted by molar-refractivity contribution is -0.131. The predicted octanol–water partition coefficient (Wildman–Crippen LogP) is 4.76. The summed E-state index contributed by atoms with van der Waals surface area (Å²) in [4.78, 5) is 35.1. The molecule has 1 N–H and O–H groups in total. The third kappa shape index (κ3) is 4.16. The van der Waals surface area contributed by atoms with Crippen LogP contribution in [0.1, 0.15) is 25.0 Å². The Labute approximate surface area is 202 Å². The van der Waals surface area contributed by atoms with E-state index in [1.807, 2.05) is 41.4 Å². The summed E-state index contributed by atoms with van der Waals surface area (Å²) >= 11 is 0. The number of hydrogen-bond donors (Lipinski definition) is 1. The zero-order valence-electron chi connectivity index (χ0n) is 19.6. The third-order valence-electron chi connectivity index (χ3n) is 7.20. The predicted molar refractivity (Wildman–Crippen MR) is 133 cm³/mol. The number of aryl methyl sites for hydroxylation is 1. The van der Waals surface area contributed by atoms with E-state index in [1.54, 1.807) is 17.6 Å². The minimum absolute atomic E-state index is 0.147. The molecule has 0 radical (unpaired) electrons. The lowest BCUT2D eigenvalue weighted by Crippen LogP contribution is -2.32. The maximum absolute atomic E-state index is 15.5. The molecule has 2 fully saturated rings. The Kier molecular flexibility index (Phi) is 5.28. The number of hydrogen-bond acceptors (Lipinski definition) is 3. The average Bonchev–Trinajstić information content (AvgIpc) is 3.40. The van der Waals surface area contributed by atoms with Crippen LogP contribution in [0.5, 0.6) is 0 Å². The summed E-state index contributed by atoms with van der Waals surface area (Å²) in [5, 5.41) is 1.10. The number of amides is 1. The van der Waals surface area contributed by atoms with Crippen LogP contribution in [0.4, 0.5) is 4.39 Å². The average molecular weight is 471 g/mol. The first-order valence-electron chi connectivity index (χ1n) is 12.2. The van der Waals surface area contributed by atoms with Crippen LogP contribution in [-0.4, -0.2) is 38.4 Å². The van der Waals surface area contributed by atoms with Gasteiger partial charge in [-0.05, 0) is 72.9 Å². The minimum Gasteiger partial charge on any atom is -0.361 e. The fraction of sp³-hybridized carbons (Fsp3) is 0.321. The summed E-state index contributed by atoms with van der Waals surface area (Å²) in [6.07, 6.45) is 4.69. The zero-order chi connectivity index (χ0) is 24.1. The van der Waals surface area contributed by atoms with Crippen molar-refractivity contribution in [1.82, 2.24) is 19.4 Å². The number of likely N-dealkylation sites (tertiary alicyclic amines) is 1. The van der Waals surface area contributed by atoms with Gasteiger partial charge in [0.1, 0.15) is 11.6 Å². The van der Waals surface area contributed by atoms with E-state index >= 15 is 4.39 Å². The van der Waals surface area contributed by atoms with Crippen LogP contribution in [-0.2, 0) is 11.3 Å². The second-order valence-corrected chi connectivity index (χ2v) is 9.86. The number of nitrogens with one attached hydrogen (secondary N) is 1. The highest BCUT2D eigenvalue weighted by Gasteiger charge is 2.36. The Hall–Kier alpha value is -3.74. The minimum atomic E-state index is -0.419. The summed E-state index contributed by atoms with van der Waals surface area (Å²) < 4.78 is 17.1. The first-order chi connectivity index (χ1) is 17.0. The SMILES string of the molecule is Cc1cc(=O)n(CC2CCN(C(=O)C3CC3)C2)c(-c2ccc(-c3ccc4cc[nH]c4c3)cc2F)n1. The summed E-state index contributed by atoms with van der Waals surface area (Å²) in [5.74, 6) is 0.497. The van der Waals surface area contributed by atoms with Gasteiger partial charge >= 0.3 is 0 Å². The van der Waals surface area contributed by atoms with Crippen molar-refractivity contribution in [2.75, 3.05) is 13.1 Å². The second kappa shape index (κ2) is 8.48.